The molecule has 1 fully saturated rings. The lowest BCUT2D eigenvalue weighted by Gasteiger charge is -2.41. The van der Waals surface area contributed by atoms with Crippen LogP contribution in [0.15, 0.2) is 17.5 Å². The van der Waals surface area contributed by atoms with Gasteiger partial charge < -0.3 is 10.6 Å². The van der Waals surface area contributed by atoms with E-state index in [2.05, 4.69) is 36.5 Å². The molecule has 1 unspecified atom stereocenters. The normalized spacial score (nSPS) is 21.5. The van der Waals surface area contributed by atoms with Crippen molar-refractivity contribution in [3.05, 3.63) is 22.4 Å². The minimum atomic E-state index is 0.240. The van der Waals surface area contributed by atoms with Gasteiger partial charge in [-0.25, -0.2) is 0 Å². The summed E-state index contributed by atoms with van der Waals surface area (Å²) in [6.45, 7) is 0. The fourth-order valence-corrected chi connectivity index (χ4v) is 3.74. The summed E-state index contributed by atoms with van der Waals surface area (Å²) < 4.78 is 0. The van der Waals surface area contributed by atoms with Gasteiger partial charge in [-0.05, 0) is 44.8 Å². The van der Waals surface area contributed by atoms with Gasteiger partial charge in [-0.2, -0.15) is 0 Å². The molecule has 1 atom stereocenters. The van der Waals surface area contributed by atoms with Crippen LogP contribution < -0.4 is 5.73 Å². The van der Waals surface area contributed by atoms with Crippen LogP contribution >= 0.6 is 11.3 Å². The quantitative estimate of drug-likeness (QED) is 0.873. The topological polar surface area (TPSA) is 29.3 Å². The highest BCUT2D eigenvalue weighted by molar-refractivity contribution is 7.09. The van der Waals surface area contributed by atoms with Gasteiger partial charge in [0.2, 0.25) is 0 Å². The van der Waals surface area contributed by atoms with Crippen LogP contribution in [0.2, 0.25) is 0 Å². The Hall–Kier alpha value is -0.380. The second-order valence-corrected chi connectivity index (χ2v) is 6.13. The molecule has 1 aliphatic rings. The van der Waals surface area contributed by atoms with Gasteiger partial charge >= 0.3 is 0 Å². The number of nitrogens with zero attached hydrogens (tertiary/aromatic N) is 1. The van der Waals surface area contributed by atoms with Crippen molar-refractivity contribution in [3.63, 3.8) is 0 Å². The minimum Gasteiger partial charge on any atom is -0.326 e. The van der Waals surface area contributed by atoms with Crippen molar-refractivity contribution >= 4 is 11.3 Å². The van der Waals surface area contributed by atoms with E-state index in [1.165, 1.54) is 30.6 Å². The molecule has 3 heteroatoms. The molecule has 0 saturated heterocycles. The summed E-state index contributed by atoms with van der Waals surface area (Å²) in [5.41, 5.74) is 6.71. The van der Waals surface area contributed by atoms with Crippen molar-refractivity contribution in [2.75, 3.05) is 14.1 Å². The van der Waals surface area contributed by atoms with Crippen molar-refractivity contribution in [2.24, 2.45) is 5.73 Å². The van der Waals surface area contributed by atoms with E-state index in [0.717, 1.165) is 6.42 Å². The number of rotatable bonds is 4. The number of likely N-dealkylation sites (N-methyl/N-ethyl adjacent to an activating group) is 1. The molecule has 2 nitrogen and oxygen atoms in total. The van der Waals surface area contributed by atoms with E-state index in [1.807, 2.05) is 11.3 Å². The second kappa shape index (κ2) is 4.86. The largest absolute Gasteiger partial charge is 0.326 e. The van der Waals surface area contributed by atoms with E-state index in [9.17, 15) is 0 Å². The molecule has 0 aliphatic heterocycles. The first-order valence-corrected chi connectivity index (χ1v) is 6.98. The van der Waals surface area contributed by atoms with Gasteiger partial charge in [0.25, 0.3) is 0 Å². The maximum Gasteiger partial charge on any atom is 0.0357 e. The molecule has 0 radical (unpaired) electrons. The average Bonchev–Trinajstić information content (AvgIpc) is 2.87. The van der Waals surface area contributed by atoms with Crippen molar-refractivity contribution < 1.29 is 0 Å². The fraction of sp³-hybridized carbons (Fsp3) is 0.692. The summed E-state index contributed by atoms with van der Waals surface area (Å²) in [5.74, 6) is 0. The molecule has 0 amide bonds. The lowest BCUT2D eigenvalue weighted by Crippen LogP contribution is -2.56. The van der Waals surface area contributed by atoms with Crippen LogP contribution in [0.3, 0.4) is 0 Å². The van der Waals surface area contributed by atoms with Gasteiger partial charge in [0, 0.05) is 16.5 Å². The first-order chi connectivity index (χ1) is 7.65. The highest BCUT2D eigenvalue weighted by atomic mass is 32.1. The third-order valence-corrected chi connectivity index (χ3v) is 4.95. The highest BCUT2D eigenvalue weighted by Crippen LogP contribution is 2.37. The molecule has 1 heterocycles. The van der Waals surface area contributed by atoms with Gasteiger partial charge in [0.1, 0.15) is 0 Å². The molecule has 0 spiro atoms. The molecule has 0 aromatic carbocycles. The van der Waals surface area contributed by atoms with Crippen molar-refractivity contribution in [1.82, 2.24) is 4.90 Å². The van der Waals surface area contributed by atoms with Gasteiger partial charge in [-0.3, -0.25) is 0 Å². The van der Waals surface area contributed by atoms with Crippen LogP contribution in [0.1, 0.15) is 30.6 Å². The van der Waals surface area contributed by atoms with E-state index in [4.69, 9.17) is 5.73 Å². The van der Waals surface area contributed by atoms with Crippen LogP contribution in [0.25, 0.3) is 0 Å². The number of nitrogens with two attached hydrogens (primary N) is 1. The highest BCUT2D eigenvalue weighted by Gasteiger charge is 2.41. The van der Waals surface area contributed by atoms with Crippen LogP contribution in [-0.2, 0) is 6.42 Å². The Kier molecular flexibility index (Phi) is 3.67. The third-order valence-electron chi connectivity index (χ3n) is 4.05. The summed E-state index contributed by atoms with van der Waals surface area (Å²) in [7, 11) is 4.36. The smallest absolute Gasteiger partial charge is 0.0357 e. The van der Waals surface area contributed by atoms with E-state index >= 15 is 0 Å². The summed E-state index contributed by atoms with van der Waals surface area (Å²) in [6, 6.07) is 4.58. The summed E-state index contributed by atoms with van der Waals surface area (Å²) in [6.07, 6.45) is 6.20. The zero-order valence-corrected chi connectivity index (χ0v) is 11.1. The Balaban J connectivity index is 2.08. The molecule has 1 aliphatic carbocycles. The zero-order valence-electron chi connectivity index (χ0n) is 10.3. The van der Waals surface area contributed by atoms with Crippen molar-refractivity contribution in [2.45, 2.75) is 43.7 Å². The van der Waals surface area contributed by atoms with E-state index in [0.29, 0.717) is 0 Å². The summed E-state index contributed by atoms with van der Waals surface area (Å²) in [5, 5.41) is 2.14. The molecule has 90 valence electrons. The van der Waals surface area contributed by atoms with E-state index < -0.39 is 0 Å². The van der Waals surface area contributed by atoms with E-state index in [1.54, 1.807) is 0 Å². The lowest BCUT2D eigenvalue weighted by molar-refractivity contribution is 0.123. The Morgan fingerprint density at radius 1 is 1.44 bits per heavy atom. The van der Waals surface area contributed by atoms with Gasteiger partial charge in [-0.15, -0.1) is 11.3 Å². The van der Waals surface area contributed by atoms with E-state index in [-0.39, 0.29) is 11.6 Å². The van der Waals surface area contributed by atoms with Crippen molar-refractivity contribution in [3.8, 4) is 0 Å². The molecule has 1 saturated carbocycles. The van der Waals surface area contributed by atoms with Gasteiger partial charge in [0.05, 0.1) is 0 Å². The monoisotopic (exact) mass is 238 g/mol. The summed E-state index contributed by atoms with van der Waals surface area (Å²) >= 11 is 1.82. The predicted molar refractivity (Wildman–Crippen MR) is 70.9 cm³/mol. The molecule has 1 aromatic rings. The van der Waals surface area contributed by atoms with Crippen molar-refractivity contribution in [1.29, 1.82) is 0 Å². The van der Waals surface area contributed by atoms with Crippen LogP contribution in [0.4, 0.5) is 0 Å². The minimum absolute atomic E-state index is 0.240. The molecule has 16 heavy (non-hydrogen) atoms. The standard InChI is InChI=1S/C13H22N2S/c1-15(2)13(7-3-4-8-13)12(14)10-11-6-5-9-16-11/h5-6,9,12H,3-4,7-8,10,14H2,1-2H3. The average molecular weight is 238 g/mol. The maximum atomic E-state index is 6.47. The summed E-state index contributed by atoms with van der Waals surface area (Å²) in [4.78, 5) is 3.78. The predicted octanol–water partition coefficient (Wildman–Crippen LogP) is 2.49. The second-order valence-electron chi connectivity index (χ2n) is 5.10. The number of hydrogen-bond donors (Lipinski definition) is 1. The first-order valence-electron chi connectivity index (χ1n) is 6.10. The Labute approximate surface area is 102 Å². The van der Waals surface area contributed by atoms with Gasteiger partial charge in [0.15, 0.2) is 0 Å². The molecular weight excluding hydrogens is 216 g/mol. The fourth-order valence-electron chi connectivity index (χ4n) is 2.97. The molecule has 2 rings (SSSR count). The number of hydrogen-bond acceptors (Lipinski definition) is 3. The Morgan fingerprint density at radius 3 is 2.62 bits per heavy atom. The third kappa shape index (κ3) is 2.17. The SMILES string of the molecule is CN(C)C1(C(N)Cc2cccs2)CCCC1. The maximum absolute atomic E-state index is 6.47. The Bertz CT molecular complexity index is 313. The molecule has 1 aromatic heterocycles. The Morgan fingerprint density at radius 2 is 2.12 bits per heavy atom. The van der Waals surface area contributed by atoms with Gasteiger partial charge in [-0.1, -0.05) is 18.9 Å². The molecular formula is C13H22N2S. The first kappa shape index (κ1) is 12.1. The number of thiophene rings is 1. The molecule has 0 bridgehead atoms. The molecule has 2 N–H and O–H groups in total. The van der Waals surface area contributed by atoms with Crippen LogP contribution in [0, 0.1) is 0 Å². The lowest BCUT2D eigenvalue weighted by atomic mass is 9.85. The zero-order chi connectivity index (χ0) is 11.6. The van der Waals surface area contributed by atoms with Crippen LogP contribution in [-0.4, -0.2) is 30.6 Å². The van der Waals surface area contributed by atoms with Crippen LogP contribution in [0.5, 0.6) is 0 Å².